The molecule has 3 aliphatic rings. The van der Waals surface area contributed by atoms with E-state index in [4.69, 9.17) is 0 Å². The molecule has 3 nitrogen and oxygen atoms in total. The average molecular weight is 364 g/mol. The van der Waals surface area contributed by atoms with E-state index in [9.17, 15) is 9.18 Å². The minimum absolute atomic E-state index is 0.103. The molecular weight excluding hydrogens is 339 g/mol. The van der Waals surface area contributed by atoms with Gasteiger partial charge in [0.2, 0.25) is 0 Å². The summed E-state index contributed by atoms with van der Waals surface area (Å²) in [6.45, 7) is 4.06. The van der Waals surface area contributed by atoms with Crippen LogP contribution in [0.2, 0.25) is 0 Å². The average Bonchev–Trinajstić information content (AvgIpc) is 3.02. The van der Waals surface area contributed by atoms with Gasteiger partial charge in [0, 0.05) is 55.8 Å². The maximum absolute atomic E-state index is 13.0. The van der Waals surface area contributed by atoms with Crippen molar-refractivity contribution in [2.75, 3.05) is 31.1 Å². The van der Waals surface area contributed by atoms with Gasteiger partial charge >= 0.3 is 0 Å². The van der Waals surface area contributed by atoms with Gasteiger partial charge < -0.3 is 9.80 Å². The van der Waals surface area contributed by atoms with Crippen LogP contribution in [0.25, 0.3) is 0 Å². The number of aryl methyl sites for hydroxylation is 1. The first-order valence-corrected chi connectivity index (χ1v) is 10.1. The molecule has 0 aliphatic carbocycles. The minimum Gasteiger partial charge on any atom is -0.367 e. The molecule has 0 spiro atoms. The summed E-state index contributed by atoms with van der Waals surface area (Å²) in [4.78, 5) is 17.5. The Morgan fingerprint density at radius 2 is 1.96 bits per heavy atom. The third-order valence-corrected chi connectivity index (χ3v) is 6.56. The van der Waals surface area contributed by atoms with Crippen molar-refractivity contribution in [2.24, 2.45) is 0 Å². The van der Waals surface area contributed by atoms with Crippen LogP contribution in [0.15, 0.2) is 42.5 Å². The van der Waals surface area contributed by atoms with Gasteiger partial charge in [-0.15, -0.1) is 0 Å². The zero-order chi connectivity index (χ0) is 18.4. The predicted molar refractivity (Wildman–Crippen MR) is 105 cm³/mol. The second-order valence-electron chi connectivity index (χ2n) is 8.10. The van der Waals surface area contributed by atoms with E-state index in [1.54, 1.807) is 12.1 Å². The molecule has 0 amide bonds. The third kappa shape index (κ3) is 2.96. The van der Waals surface area contributed by atoms with Crippen LogP contribution in [0, 0.1) is 5.82 Å². The number of carbonyl (C=O) groups excluding carboxylic acids is 1. The smallest absolute Gasteiger partial charge is 0.164 e. The van der Waals surface area contributed by atoms with Crippen molar-refractivity contribution in [2.45, 2.75) is 37.6 Å². The number of para-hydroxylation sites is 1. The maximum Gasteiger partial charge on any atom is 0.164 e. The van der Waals surface area contributed by atoms with Crippen LogP contribution in [-0.4, -0.2) is 42.9 Å². The summed E-state index contributed by atoms with van der Waals surface area (Å²) in [6, 6.07) is 13.4. The Kier molecular flexibility index (Phi) is 4.24. The third-order valence-electron chi connectivity index (χ3n) is 6.56. The predicted octanol–water partition coefficient (Wildman–Crippen LogP) is 4.02. The number of fused-ring (bicyclic) bond motifs is 3. The van der Waals surface area contributed by atoms with Crippen molar-refractivity contribution >= 4 is 11.5 Å². The van der Waals surface area contributed by atoms with Gasteiger partial charge in [0.15, 0.2) is 5.78 Å². The number of likely N-dealkylation sites (tertiary alicyclic amines) is 1. The Balaban J connectivity index is 1.27. The summed E-state index contributed by atoms with van der Waals surface area (Å²) < 4.78 is 13.0. The summed E-state index contributed by atoms with van der Waals surface area (Å²) >= 11 is 0. The Morgan fingerprint density at radius 3 is 2.81 bits per heavy atom. The van der Waals surface area contributed by atoms with Gasteiger partial charge in [-0.05, 0) is 54.7 Å². The van der Waals surface area contributed by atoms with Crippen LogP contribution in [0.5, 0.6) is 0 Å². The Morgan fingerprint density at radius 1 is 1.11 bits per heavy atom. The zero-order valence-corrected chi connectivity index (χ0v) is 15.5. The molecule has 2 atom stereocenters. The molecule has 0 aromatic heterocycles. The van der Waals surface area contributed by atoms with Crippen LogP contribution in [0.3, 0.4) is 0 Å². The molecule has 3 aliphatic heterocycles. The number of carbonyl (C=O) groups is 1. The highest BCUT2D eigenvalue weighted by Crippen LogP contribution is 2.48. The highest BCUT2D eigenvalue weighted by Gasteiger charge is 2.43. The lowest BCUT2D eigenvalue weighted by molar-refractivity contribution is 0.0952. The van der Waals surface area contributed by atoms with Crippen molar-refractivity contribution < 1.29 is 9.18 Å². The number of ketones is 1. The molecule has 5 rings (SSSR count). The monoisotopic (exact) mass is 364 g/mol. The largest absolute Gasteiger partial charge is 0.367 e. The molecule has 2 aromatic carbocycles. The number of anilines is 1. The Bertz CT molecular complexity index is 863. The van der Waals surface area contributed by atoms with Gasteiger partial charge in [-0.1, -0.05) is 18.2 Å². The van der Waals surface area contributed by atoms with Gasteiger partial charge in [0.1, 0.15) is 5.82 Å². The van der Waals surface area contributed by atoms with Crippen LogP contribution in [0.4, 0.5) is 10.1 Å². The number of hydrogen-bond acceptors (Lipinski definition) is 3. The van der Waals surface area contributed by atoms with E-state index in [-0.39, 0.29) is 11.6 Å². The SMILES string of the molecule is O=C(CCN1CCC2C(C1)c1cccc3c1N2CCC3)c1ccc(F)cc1. The molecular formula is C23H25FN2O. The molecule has 140 valence electrons. The second kappa shape index (κ2) is 6.75. The van der Waals surface area contributed by atoms with Gasteiger partial charge in [-0.3, -0.25) is 4.79 Å². The maximum atomic E-state index is 13.0. The van der Waals surface area contributed by atoms with E-state index in [2.05, 4.69) is 28.0 Å². The number of rotatable bonds is 4. The lowest BCUT2D eigenvalue weighted by Gasteiger charge is -2.40. The molecule has 3 heterocycles. The molecule has 4 heteroatoms. The normalized spacial score (nSPS) is 23.8. The summed E-state index contributed by atoms with van der Waals surface area (Å²) in [5, 5.41) is 0. The summed E-state index contributed by atoms with van der Waals surface area (Å²) in [5.74, 6) is 0.369. The number of hydrogen-bond donors (Lipinski definition) is 0. The summed E-state index contributed by atoms with van der Waals surface area (Å²) in [6.07, 6.45) is 4.13. The first kappa shape index (κ1) is 16.9. The van der Waals surface area contributed by atoms with Crippen molar-refractivity contribution in [3.8, 4) is 0 Å². The molecule has 1 fully saturated rings. The van der Waals surface area contributed by atoms with E-state index in [0.29, 0.717) is 23.9 Å². The number of Topliss-reactive ketones (excluding diaryl/α,β-unsaturated/α-hetero) is 1. The first-order chi connectivity index (χ1) is 13.2. The molecule has 0 N–H and O–H groups in total. The Hall–Kier alpha value is -2.20. The quantitative estimate of drug-likeness (QED) is 0.766. The summed E-state index contributed by atoms with van der Waals surface area (Å²) in [5.41, 5.74) is 5.17. The zero-order valence-electron chi connectivity index (χ0n) is 15.5. The molecule has 0 saturated carbocycles. The van der Waals surface area contributed by atoms with Crippen molar-refractivity contribution in [1.82, 2.24) is 4.90 Å². The van der Waals surface area contributed by atoms with E-state index < -0.39 is 0 Å². The molecule has 2 aromatic rings. The summed E-state index contributed by atoms with van der Waals surface area (Å²) in [7, 11) is 0. The van der Waals surface area contributed by atoms with E-state index in [1.807, 2.05) is 0 Å². The number of halogens is 1. The minimum atomic E-state index is -0.296. The number of piperidine rings is 1. The van der Waals surface area contributed by atoms with Crippen molar-refractivity contribution in [1.29, 1.82) is 0 Å². The highest BCUT2D eigenvalue weighted by atomic mass is 19.1. The molecule has 2 unspecified atom stereocenters. The second-order valence-corrected chi connectivity index (χ2v) is 8.10. The fourth-order valence-electron chi connectivity index (χ4n) is 5.27. The van der Waals surface area contributed by atoms with Crippen LogP contribution >= 0.6 is 0 Å². The van der Waals surface area contributed by atoms with Gasteiger partial charge in [0.25, 0.3) is 0 Å². The molecule has 1 saturated heterocycles. The van der Waals surface area contributed by atoms with Crippen LogP contribution < -0.4 is 4.90 Å². The molecule has 0 radical (unpaired) electrons. The fraction of sp³-hybridized carbons (Fsp3) is 0.435. The standard InChI is InChI=1S/C23H25FN2O/c24-18-8-6-16(7-9-18)22(27)11-14-25-13-10-21-20(15-25)19-5-1-3-17-4-2-12-26(21)23(17)19/h1,3,5-9,20-21H,2,4,10-15H2. The van der Waals surface area contributed by atoms with Crippen molar-refractivity contribution in [3.63, 3.8) is 0 Å². The van der Waals surface area contributed by atoms with Crippen LogP contribution in [-0.2, 0) is 6.42 Å². The highest BCUT2D eigenvalue weighted by molar-refractivity contribution is 5.96. The fourth-order valence-corrected chi connectivity index (χ4v) is 5.27. The van der Waals surface area contributed by atoms with Gasteiger partial charge in [-0.2, -0.15) is 0 Å². The van der Waals surface area contributed by atoms with Crippen LogP contribution in [0.1, 0.15) is 46.7 Å². The van der Waals surface area contributed by atoms with Crippen molar-refractivity contribution in [3.05, 3.63) is 65.0 Å². The van der Waals surface area contributed by atoms with E-state index in [0.717, 1.165) is 19.6 Å². The molecule has 27 heavy (non-hydrogen) atoms. The molecule has 0 bridgehead atoms. The van der Waals surface area contributed by atoms with E-state index in [1.165, 1.54) is 54.8 Å². The first-order valence-electron chi connectivity index (χ1n) is 10.1. The number of nitrogens with zero attached hydrogens (tertiary/aromatic N) is 2. The van der Waals surface area contributed by atoms with Gasteiger partial charge in [-0.25, -0.2) is 4.39 Å². The van der Waals surface area contributed by atoms with E-state index >= 15 is 0 Å². The lowest BCUT2D eigenvalue weighted by atomic mass is 9.88. The number of benzene rings is 2. The van der Waals surface area contributed by atoms with Gasteiger partial charge in [0.05, 0.1) is 0 Å². The lowest BCUT2D eigenvalue weighted by Crippen LogP contribution is -2.47. The topological polar surface area (TPSA) is 23.6 Å². The Labute approximate surface area is 159 Å².